The number of rotatable bonds is 11. The van der Waals surface area contributed by atoms with E-state index in [1.165, 1.54) is 0 Å². The Morgan fingerprint density at radius 3 is 2.36 bits per heavy atom. The molecule has 1 saturated heterocycles. The van der Waals surface area contributed by atoms with Gasteiger partial charge >= 0.3 is 12.1 Å². The van der Waals surface area contributed by atoms with Crippen LogP contribution in [0.25, 0.3) is 11.3 Å². The molecule has 0 bridgehead atoms. The van der Waals surface area contributed by atoms with Gasteiger partial charge in [-0.15, -0.1) is 0 Å². The molecule has 1 aliphatic heterocycles. The molecule has 0 atom stereocenters. The molecular weight excluding hydrogens is 638 g/mol. The number of aryl methyl sites for hydroxylation is 1. The van der Waals surface area contributed by atoms with Gasteiger partial charge in [0.05, 0.1) is 19.2 Å². The maximum Gasteiger partial charge on any atom is 0.410 e. The fourth-order valence-corrected chi connectivity index (χ4v) is 7.83. The first-order valence-electron chi connectivity index (χ1n) is 18.2. The van der Waals surface area contributed by atoms with Crippen molar-refractivity contribution in [1.82, 2.24) is 19.9 Å². The highest BCUT2D eigenvalue weighted by Gasteiger charge is 2.37. The van der Waals surface area contributed by atoms with Crippen molar-refractivity contribution in [1.29, 1.82) is 0 Å². The van der Waals surface area contributed by atoms with Crippen LogP contribution < -0.4 is 9.64 Å². The van der Waals surface area contributed by atoms with Crippen molar-refractivity contribution < 1.29 is 33.4 Å². The van der Waals surface area contributed by atoms with Crippen LogP contribution in [-0.4, -0.2) is 75.8 Å². The maximum absolute atomic E-state index is 14.4. The number of methoxy groups -OCH3 is 1. The summed E-state index contributed by atoms with van der Waals surface area (Å²) in [6, 6.07) is 7.95. The lowest BCUT2D eigenvalue weighted by Gasteiger charge is -2.39. The minimum Gasteiger partial charge on any atom is -0.495 e. The lowest BCUT2D eigenvalue weighted by molar-refractivity contribution is -0.139. The number of aliphatic carboxylic acids is 1. The van der Waals surface area contributed by atoms with Crippen LogP contribution in [0.4, 0.5) is 10.6 Å². The molecule has 50 heavy (non-hydrogen) atoms. The molecule has 3 aliphatic carbocycles. The molecule has 4 fully saturated rings. The van der Waals surface area contributed by atoms with E-state index in [4.69, 9.17) is 33.9 Å². The van der Waals surface area contributed by atoms with E-state index < -0.39 is 12.1 Å². The molecule has 3 aromatic heterocycles. The van der Waals surface area contributed by atoms with Crippen LogP contribution in [0.1, 0.15) is 99.7 Å². The summed E-state index contributed by atoms with van der Waals surface area (Å²) < 4.78 is 17.0. The third-order valence-corrected chi connectivity index (χ3v) is 11.0. The molecule has 266 valence electrons. The predicted octanol–water partition coefficient (Wildman–Crippen LogP) is 6.73. The van der Waals surface area contributed by atoms with Crippen molar-refractivity contribution in [3.8, 4) is 17.0 Å². The summed E-state index contributed by atoms with van der Waals surface area (Å²) in [4.78, 5) is 55.7. The Balaban J connectivity index is 1.01. The van der Waals surface area contributed by atoms with Crippen LogP contribution in [0.3, 0.4) is 0 Å². The van der Waals surface area contributed by atoms with Crippen LogP contribution in [0.5, 0.6) is 5.75 Å². The zero-order chi connectivity index (χ0) is 34.8. The summed E-state index contributed by atoms with van der Waals surface area (Å²) in [6.45, 7) is 3.39. The molecule has 7 rings (SSSR count). The first-order chi connectivity index (χ1) is 24.2. The van der Waals surface area contributed by atoms with Crippen LogP contribution in [0.2, 0.25) is 0 Å². The van der Waals surface area contributed by atoms with Gasteiger partial charge in [0.2, 0.25) is 5.91 Å². The van der Waals surface area contributed by atoms with E-state index in [0.29, 0.717) is 68.9 Å². The molecule has 0 unspecified atom stereocenters. The number of carboxylic acid groups (broad SMARTS) is 1. The number of carboxylic acids is 1. The molecule has 12 nitrogen and oxygen atoms in total. The summed E-state index contributed by atoms with van der Waals surface area (Å²) >= 11 is 0. The zero-order valence-electron chi connectivity index (χ0n) is 29.0. The first kappa shape index (κ1) is 34.0. The summed E-state index contributed by atoms with van der Waals surface area (Å²) in [5.74, 6) is 2.31. The molecule has 3 saturated carbocycles. The van der Waals surface area contributed by atoms with Crippen molar-refractivity contribution in [2.24, 2.45) is 17.8 Å². The number of carbonyl (C=O) groups is 3. The third-order valence-electron chi connectivity index (χ3n) is 11.0. The number of likely N-dealkylation sites (tertiary alicyclic amines) is 1. The van der Waals surface area contributed by atoms with Gasteiger partial charge in [-0.3, -0.25) is 19.5 Å². The van der Waals surface area contributed by atoms with Gasteiger partial charge in [-0.05, 0) is 101 Å². The smallest absolute Gasteiger partial charge is 0.410 e. The second-order valence-corrected chi connectivity index (χ2v) is 14.7. The number of nitrogens with zero attached hydrogens (tertiary/aromatic N) is 5. The van der Waals surface area contributed by atoms with E-state index in [2.05, 4.69) is 6.07 Å². The van der Waals surface area contributed by atoms with Gasteiger partial charge in [-0.25, -0.2) is 14.8 Å². The Labute approximate surface area is 292 Å². The van der Waals surface area contributed by atoms with E-state index in [1.54, 1.807) is 24.5 Å². The minimum absolute atomic E-state index is 0.0191. The van der Waals surface area contributed by atoms with E-state index in [1.807, 2.05) is 30.0 Å². The number of aromatic nitrogens is 3. The Bertz CT molecular complexity index is 1680. The maximum atomic E-state index is 14.4. The number of hydrogen-bond acceptors (Lipinski definition) is 9. The topological polar surface area (TPSA) is 148 Å². The van der Waals surface area contributed by atoms with Crippen LogP contribution in [0, 0.1) is 24.7 Å². The number of hydrogen-bond donors (Lipinski definition) is 1. The lowest BCUT2D eigenvalue weighted by atomic mass is 9.79. The molecule has 4 aliphatic rings. The van der Waals surface area contributed by atoms with E-state index in [9.17, 15) is 14.4 Å². The second-order valence-electron chi connectivity index (χ2n) is 14.7. The zero-order valence-corrected chi connectivity index (χ0v) is 29.0. The van der Waals surface area contributed by atoms with Gasteiger partial charge in [-0.2, -0.15) is 0 Å². The van der Waals surface area contributed by atoms with Crippen LogP contribution in [-0.2, 0) is 14.3 Å². The molecule has 0 aromatic carbocycles. The molecule has 4 heterocycles. The summed E-state index contributed by atoms with van der Waals surface area (Å²) in [6.07, 6.45) is 11.5. The van der Waals surface area contributed by atoms with Crippen LogP contribution >= 0.6 is 0 Å². The number of ether oxygens (including phenoxy) is 2. The van der Waals surface area contributed by atoms with Crippen LogP contribution in [0.15, 0.2) is 41.1 Å². The molecule has 12 heteroatoms. The third kappa shape index (κ3) is 7.79. The standard InChI is InChI=1S/C38H47N5O7/c1-23-33(48-2)14-13-31(40-23)26-5-3-24(4-6-26)21-43(34-18-29(15-16-39-34)32-22-49-36(41-32)27-7-8-27)37(46)28-9-11-30(12-10-28)50-38(47)42-19-25(20-42)17-35(44)45/h13-16,18,22,24-28,30H,3-12,17,19-21H2,1-2H3,(H,44,45)/t24-,26-,28-,30-. The van der Waals surface area contributed by atoms with Gasteiger partial charge < -0.3 is 23.9 Å². The Morgan fingerprint density at radius 1 is 0.940 bits per heavy atom. The quantitative estimate of drug-likeness (QED) is 0.230. The fraction of sp³-hybridized carbons (Fsp3) is 0.579. The van der Waals surface area contributed by atoms with E-state index in [-0.39, 0.29) is 30.3 Å². The first-order valence-corrected chi connectivity index (χ1v) is 18.2. The molecule has 1 N–H and O–H groups in total. The number of pyridine rings is 2. The normalized spacial score (nSPS) is 23.9. The number of oxazole rings is 1. The SMILES string of the molecule is COc1ccc([C@H]2CC[C@H](CN(c3cc(-c4coc(C5CC5)n4)ccn3)C(=O)[C@H]3CC[C@H](OC(=O)N4CC(CC(=O)O)C4)CC3)CC2)nc1C. The summed E-state index contributed by atoms with van der Waals surface area (Å²) in [5, 5.41) is 8.99. The molecule has 0 radical (unpaired) electrons. The van der Waals surface area contributed by atoms with Crippen molar-refractivity contribution in [3.05, 3.63) is 54.0 Å². The average Bonchev–Trinajstić information content (AvgIpc) is 3.84. The minimum atomic E-state index is -0.851. The Hall–Kier alpha value is -4.48. The predicted molar refractivity (Wildman–Crippen MR) is 184 cm³/mol. The van der Waals surface area contributed by atoms with Gasteiger partial charge in [-0.1, -0.05) is 0 Å². The average molecular weight is 686 g/mol. The Morgan fingerprint density at radius 2 is 1.68 bits per heavy atom. The highest BCUT2D eigenvalue weighted by atomic mass is 16.6. The van der Waals surface area contributed by atoms with Crippen molar-refractivity contribution in [2.45, 2.75) is 95.5 Å². The monoisotopic (exact) mass is 685 g/mol. The number of anilines is 1. The molecule has 3 aromatic rings. The largest absolute Gasteiger partial charge is 0.495 e. The summed E-state index contributed by atoms with van der Waals surface area (Å²) in [7, 11) is 1.67. The van der Waals surface area contributed by atoms with Crippen molar-refractivity contribution in [3.63, 3.8) is 0 Å². The number of carbonyl (C=O) groups excluding carboxylic acids is 2. The number of amides is 2. The molecule has 2 amide bonds. The molecule has 0 spiro atoms. The molecular formula is C38H47N5O7. The fourth-order valence-electron chi connectivity index (χ4n) is 7.83. The highest BCUT2D eigenvalue weighted by Crippen LogP contribution is 2.41. The van der Waals surface area contributed by atoms with Crippen molar-refractivity contribution >= 4 is 23.8 Å². The van der Waals surface area contributed by atoms with Gasteiger partial charge in [0.15, 0.2) is 5.89 Å². The van der Waals surface area contributed by atoms with Crippen molar-refractivity contribution in [2.75, 3.05) is 31.6 Å². The van der Waals surface area contributed by atoms with Gasteiger partial charge in [0, 0.05) is 60.8 Å². The summed E-state index contributed by atoms with van der Waals surface area (Å²) in [5.41, 5.74) is 3.64. The van der Waals surface area contributed by atoms with E-state index >= 15 is 0 Å². The Kier molecular flexibility index (Phi) is 10.1. The highest BCUT2D eigenvalue weighted by molar-refractivity contribution is 5.94. The van der Waals surface area contributed by atoms with Gasteiger partial charge in [0.25, 0.3) is 0 Å². The van der Waals surface area contributed by atoms with Gasteiger partial charge in [0.1, 0.15) is 29.6 Å². The lowest BCUT2D eigenvalue weighted by Crippen LogP contribution is -2.51. The second kappa shape index (κ2) is 14.8. The van der Waals surface area contributed by atoms with E-state index in [0.717, 1.165) is 72.8 Å².